The van der Waals surface area contributed by atoms with Gasteiger partial charge in [0.25, 0.3) is 0 Å². The molecule has 86 valence electrons. The lowest BCUT2D eigenvalue weighted by Gasteiger charge is -2.15. The first-order valence-electron chi connectivity index (χ1n) is 4.27. The van der Waals surface area contributed by atoms with Gasteiger partial charge in [0.2, 0.25) is 0 Å². The highest BCUT2D eigenvalue weighted by atomic mass is 19.3. The van der Waals surface area contributed by atoms with Crippen LogP contribution >= 0.6 is 0 Å². The maximum Gasteiger partial charge on any atom is 0.319 e. The van der Waals surface area contributed by atoms with Gasteiger partial charge in [-0.05, 0) is 6.07 Å². The number of aryl methyl sites for hydroxylation is 1. The Hall–Kier alpha value is -1.11. The Bertz CT molecular complexity index is 311. The molecule has 0 aliphatic heterocycles. The zero-order valence-electron chi connectivity index (χ0n) is 8.05. The highest BCUT2D eigenvalue weighted by Crippen LogP contribution is 2.21. The van der Waals surface area contributed by atoms with Crippen molar-refractivity contribution in [2.24, 2.45) is 7.05 Å². The van der Waals surface area contributed by atoms with E-state index in [1.807, 2.05) is 0 Å². The molecule has 0 saturated carbocycles. The van der Waals surface area contributed by atoms with E-state index in [-0.39, 0.29) is 6.54 Å². The van der Waals surface area contributed by atoms with Gasteiger partial charge in [0.1, 0.15) is 0 Å². The molecule has 0 aromatic carbocycles. The van der Waals surface area contributed by atoms with E-state index in [1.54, 1.807) is 13.1 Å². The summed E-state index contributed by atoms with van der Waals surface area (Å²) in [5, 5.41) is 6.07. The standard InChI is InChI=1S/C8H11F4N3/c1-15-6(2-3-14-15)4-13-5-8(11,12)7(9)10/h2-3,7,13H,4-5H2,1H3. The van der Waals surface area contributed by atoms with Gasteiger partial charge in [0.15, 0.2) is 0 Å². The van der Waals surface area contributed by atoms with Crippen LogP contribution in [0.1, 0.15) is 5.69 Å². The van der Waals surface area contributed by atoms with Crippen molar-refractivity contribution in [1.82, 2.24) is 15.1 Å². The van der Waals surface area contributed by atoms with E-state index in [9.17, 15) is 17.6 Å². The van der Waals surface area contributed by atoms with Crippen molar-refractivity contribution < 1.29 is 17.6 Å². The van der Waals surface area contributed by atoms with E-state index in [2.05, 4.69) is 10.4 Å². The van der Waals surface area contributed by atoms with Crippen molar-refractivity contribution in [3.63, 3.8) is 0 Å². The van der Waals surface area contributed by atoms with Crippen LogP contribution in [0.25, 0.3) is 0 Å². The molecule has 3 nitrogen and oxygen atoms in total. The molecule has 1 aromatic heterocycles. The van der Waals surface area contributed by atoms with Crippen molar-refractivity contribution in [2.75, 3.05) is 6.54 Å². The molecule has 0 atom stereocenters. The lowest BCUT2D eigenvalue weighted by molar-refractivity contribution is -0.125. The normalized spacial score (nSPS) is 12.4. The summed E-state index contributed by atoms with van der Waals surface area (Å²) in [6.45, 7) is -0.964. The predicted molar refractivity (Wildman–Crippen MR) is 45.9 cm³/mol. The number of nitrogens with one attached hydrogen (secondary N) is 1. The highest BCUT2D eigenvalue weighted by Gasteiger charge is 2.39. The third kappa shape index (κ3) is 3.19. The maximum absolute atomic E-state index is 12.4. The zero-order chi connectivity index (χ0) is 11.5. The van der Waals surface area contributed by atoms with Crippen LogP contribution < -0.4 is 5.32 Å². The molecule has 1 rings (SSSR count). The smallest absolute Gasteiger partial charge is 0.305 e. The molecule has 1 N–H and O–H groups in total. The van der Waals surface area contributed by atoms with Crippen molar-refractivity contribution in [2.45, 2.75) is 18.9 Å². The Labute approximate surface area is 84.1 Å². The van der Waals surface area contributed by atoms with Gasteiger partial charge >= 0.3 is 12.3 Å². The fourth-order valence-electron chi connectivity index (χ4n) is 1.01. The molecule has 7 heteroatoms. The zero-order valence-corrected chi connectivity index (χ0v) is 8.05. The molecule has 0 spiro atoms. The average Bonchev–Trinajstić information content (AvgIpc) is 2.51. The molecule has 0 unspecified atom stereocenters. The second-order valence-electron chi connectivity index (χ2n) is 3.11. The van der Waals surface area contributed by atoms with Crippen LogP contribution in [0.4, 0.5) is 17.6 Å². The molecule has 0 saturated heterocycles. The molecule has 0 radical (unpaired) electrons. The minimum Gasteiger partial charge on any atom is -0.305 e. The number of halogens is 4. The first kappa shape index (κ1) is 12.0. The Kier molecular flexibility index (Phi) is 3.67. The molecule has 1 aromatic rings. The number of aromatic nitrogens is 2. The Morgan fingerprint density at radius 1 is 1.53 bits per heavy atom. The summed E-state index contributed by atoms with van der Waals surface area (Å²) < 4.78 is 49.9. The maximum atomic E-state index is 12.4. The van der Waals surface area contributed by atoms with Gasteiger partial charge in [0, 0.05) is 19.8 Å². The molecule has 1 heterocycles. The summed E-state index contributed by atoms with van der Waals surface area (Å²) in [6, 6.07) is 1.62. The van der Waals surface area contributed by atoms with Crippen LogP contribution in [0.2, 0.25) is 0 Å². The van der Waals surface area contributed by atoms with Crippen LogP contribution in [0.3, 0.4) is 0 Å². The van der Waals surface area contributed by atoms with Crippen LogP contribution in [-0.4, -0.2) is 28.7 Å². The van der Waals surface area contributed by atoms with Gasteiger partial charge in [-0.25, -0.2) is 8.78 Å². The van der Waals surface area contributed by atoms with Crippen molar-refractivity contribution in [3.8, 4) is 0 Å². The quantitative estimate of drug-likeness (QED) is 0.768. The van der Waals surface area contributed by atoms with E-state index in [0.717, 1.165) is 0 Å². The molecular weight excluding hydrogens is 214 g/mol. The van der Waals surface area contributed by atoms with E-state index >= 15 is 0 Å². The minimum atomic E-state index is -3.99. The molecule has 0 bridgehead atoms. The molecular formula is C8H11F4N3. The van der Waals surface area contributed by atoms with Gasteiger partial charge in [0.05, 0.1) is 12.2 Å². The fraction of sp³-hybridized carbons (Fsp3) is 0.625. The minimum absolute atomic E-state index is 0.0822. The number of hydrogen-bond acceptors (Lipinski definition) is 2. The Morgan fingerprint density at radius 2 is 2.20 bits per heavy atom. The second kappa shape index (κ2) is 4.61. The highest BCUT2D eigenvalue weighted by molar-refractivity contribution is 4.99. The molecule has 0 amide bonds. The summed E-state index contributed by atoms with van der Waals surface area (Å²) >= 11 is 0. The monoisotopic (exact) mass is 225 g/mol. The first-order valence-corrected chi connectivity index (χ1v) is 4.27. The summed E-state index contributed by atoms with van der Waals surface area (Å²) in [4.78, 5) is 0. The lowest BCUT2D eigenvalue weighted by atomic mass is 10.3. The SMILES string of the molecule is Cn1nccc1CNCC(F)(F)C(F)F. The largest absolute Gasteiger partial charge is 0.319 e. The first-order chi connectivity index (χ1) is 6.93. The van der Waals surface area contributed by atoms with Gasteiger partial charge in [-0.1, -0.05) is 0 Å². The summed E-state index contributed by atoms with van der Waals surface area (Å²) in [5.74, 6) is -3.99. The lowest BCUT2D eigenvalue weighted by Crippen LogP contribution is -2.38. The molecule has 15 heavy (non-hydrogen) atoms. The topological polar surface area (TPSA) is 29.9 Å². The van der Waals surface area contributed by atoms with Crippen LogP contribution in [0.15, 0.2) is 12.3 Å². The van der Waals surface area contributed by atoms with E-state index in [4.69, 9.17) is 0 Å². The Morgan fingerprint density at radius 3 is 2.67 bits per heavy atom. The van der Waals surface area contributed by atoms with Gasteiger partial charge in [-0.2, -0.15) is 13.9 Å². The number of rotatable bonds is 5. The van der Waals surface area contributed by atoms with Crippen LogP contribution in [0, 0.1) is 0 Å². The molecule has 0 aliphatic carbocycles. The Balaban J connectivity index is 2.37. The van der Waals surface area contributed by atoms with Gasteiger partial charge in [-0.15, -0.1) is 0 Å². The number of alkyl halides is 4. The predicted octanol–water partition coefficient (Wildman–Crippen LogP) is 1.41. The summed E-state index contributed by atoms with van der Waals surface area (Å²) in [5.41, 5.74) is 0.653. The van der Waals surface area contributed by atoms with E-state index in [0.29, 0.717) is 5.69 Å². The van der Waals surface area contributed by atoms with Gasteiger partial charge < -0.3 is 5.32 Å². The van der Waals surface area contributed by atoms with Crippen LogP contribution in [-0.2, 0) is 13.6 Å². The van der Waals surface area contributed by atoms with Crippen molar-refractivity contribution >= 4 is 0 Å². The van der Waals surface area contributed by atoms with Crippen molar-refractivity contribution in [3.05, 3.63) is 18.0 Å². The fourth-order valence-corrected chi connectivity index (χ4v) is 1.01. The average molecular weight is 225 g/mol. The molecule has 0 aliphatic rings. The third-order valence-corrected chi connectivity index (χ3v) is 1.91. The van der Waals surface area contributed by atoms with Gasteiger partial charge in [-0.3, -0.25) is 4.68 Å². The summed E-state index contributed by atoms with van der Waals surface area (Å²) in [6.07, 6.45) is -2.14. The van der Waals surface area contributed by atoms with E-state index in [1.165, 1.54) is 10.9 Å². The van der Waals surface area contributed by atoms with Crippen LogP contribution in [0.5, 0.6) is 0 Å². The van der Waals surface area contributed by atoms with E-state index < -0.39 is 18.9 Å². The molecule has 0 fully saturated rings. The second-order valence-corrected chi connectivity index (χ2v) is 3.11. The number of hydrogen-bond donors (Lipinski definition) is 1. The summed E-state index contributed by atoms with van der Waals surface area (Å²) in [7, 11) is 1.64. The third-order valence-electron chi connectivity index (χ3n) is 1.91. The number of nitrogens with zero attached hydrogens (tertiary/aromatic N) is 2. The van der Waals surface area contributed by atoms with Crippen molar-refractivity contribution in [1.29, 1.82) is 0 Å².